The monoisotopic (exact) mass is 841 g/mol. The second kappa shape index (κ2) is 36.4. The van der Waals surface area contributed by atoms with Gasteiger partial charge in [0.1, 0.15) is 30.5 Å². The van der Waals surface area contributed by atoms with Gasteiger partial charge in [-0.25, -0.2) is 4.18 Å². The lowest BCUT2D eigenvalue weighted by atomic mass is 9.99. The number of hydrogen-bond donors (Lipinski definition) is 4. The molecule has 58 heavy (non-hydrogen) atoms. The van der Waals surface area contributed by atoms with Crippen molar-refractivity contribution in [3.8, 4) is 0 Å². The Morgan fingerprint density at radius 2 is 1.19 bits per heavy atom. The zero-order valence-corrected chi connectivity index (χ0v) is 36.1. The maximum absolute atomic E-state index is 12.8. The molecule has 1 heterocycles. The van der Waals surface area contributed by atoms with Crippen molar-refractivity contribution in [2.24, 2.45) is 0 Å². The topological polar surface area (TPSA) is 178 Å². The van der Waals surface area contributed by atoms with Crippen LogP contribution in [-0.4, -0.2) is 97.5 Å². The third-order valence-electron chi connectivity index (χ3n) is 9.31. The molecule has 6 atom stereocenters. The van der Waals surface area contributed by atoms with Crippen LogP contribution in [0, 0.1) is 0 Å². The van der Waals surface area contributed by atoms with Gasteiger partial charge in [-0.3, -0.25) is 9.35 Å². The fraction of sp³-hybridized carbons (Fsp3) is 0.711. The van der Waals surface area contributed by atoms with Crippen molar-refractivity contribution in [1.82, 2.24) is 0 Å². The highest BCUT2D eigenvalue weighted by Crippen LogP contribution is 2.26. The fourth-order valence-electron chi connectivity index (χ4n) is 6.04. The van der Waals surface area contributed by atoms with Gasteiger partial charge in [0.15, 0.2) is 6.29 Å². The molecule has 0 bridgehead atoms. The van der Waals surface area contributed by atoms with Gasteiger partial charge < -0.3 is 34.3 Å². The predicted octanol–water partition coefficient (Wildman–Crippen LogP) is 8.74. The molecule has 6 unspecified atom stereocenters. The Balaban J connectivity index is 2.50. The Morgan fingerprint density at radius 1 is 0.672 bits per heavy atom. The first kappa shape index (κ1) is 53.6. The van der Waals surface area contributed by atoms with Crippen molar-refractivity contribution in [3.63, 3.8) is 0 Å². The number of unbranched alkanes of at least 4 members (excludes halogenated alkanes) is 11. The molecule has 1 rings (SSSR count). The SMILES string of the molecule is CC/C=C\C/C=C\C/C=C\C/C=C\CCCCCOCC(COC1OC(CO)C(O)C(OS(=O)(=O)O)C1O)OC(=O)CCCCCCC/C=C\C/C=C\CCCCC. The number of aliphatic hydroxyl groups is 3. The number of ether oxygens (including phenoxy) is 4. The van der Waals surface area contributed by atoms with E-state index in [9.17, 15) is 28.5 Å². The highest BCUT2D eigenvalue weighted by molar-refractivity contribution is 7.80. The van der Waals surface area contributed by atoms with E-state index < -0.39 is 59.8 Å². The van der Waals surface area contributed by atoms with Gasteiger partial charge in [0.25, 0.3) is 0 Å². The predicted molar refractivity (Wildman–Crippen MR) is 229 cm³/mol. The Bertz CT molecular complexity index is 1290. The van der Waals surface area contributed by atoms with Crippen molar-refractivity contribution in [1.29, 1.82) is 0 Å². The van der Waals surface area contributed by atoms with E-state index in [1.807, 2.05) is 0 Å². The van der Waals surface area contributed by atoms with Crippen molar-refractivity contribution in [2.45, 2.75) is 179 Å². The van der Waals surface area contributed by atoms with E-state index in [1.165, 1.54) is 19.3 Å². The summed E-state index contributed by atoms with van der Waals surface area (Å²) >= 11 is 0. The molecule has 0 radical (unpaired) electrons. The molecule has 0 aromatic rings. The van der Waals surface area contributed by atoms with Crippen LogP contribution >= 0.6 is 0 Å². The zero-order valence-electron chi connectivity index (χ0n) is 35.3. The van der Waals surface area contributed by atoms with Crippen molar-refractivity contribution >= 4 is 16.4 Å². The number of aliphatic hydroxyl groups excluding tert-OH is 3. The first-order valence-corrected chi connectivity index (χ1v) is 23.1. The molecular formula is C45H76O12S. The van der Waals surface area contributed by atoms with Crippen LogP contribution in [0.1, 0.15) is 142 Å². The summed E-state index contributed by atoms with van der Waals surface area (Å²) in [6.45, 7) is 3.73. The Labute approximate surface area is 350 Å². The van der Waals surface area contributed by atoms with Gasteiger partial charge in [-0.2, -0.15) is 8.42 Å². The number of allylic oxidation sites excluding steroid dienone is 12. The van der Waals surface area contributed by atoms with Gasteiger partial charge in [0.2, 0.25) is 0 Å². The third-order valence-corrected chi connectivity index (χ3v) is 9.78. The molecular weight excluding hydrogens is 765 g/mol. The largest absolute Gasteiger partial charge is 0.457 e. The van der Waals surface area contributed by atoms with E-state index in [-0.39, 0.29) is 19.6 Å². The number of carbonyl (C=O) groups is 1. The van der Waals surface area contributed by atoms with Crippen molar-refractivity contribution in [2.75, 3.05) is 26.4 Å². The number of carbonyl (C=O) groups excluding carboxylic acids is 1. The molecule has 1 aliphatic heterocycles. The second-order valence-electron chi connectivity index (χ2n) is 14.5. The molecule has 0 aromatic carbocycles. The molecule has 1 fully saturated rings. The van der Waals surface area contributed by atoms with Gasteiger partial charge in [-0.05, 0) is 83.5 Å². The lowest BCUT2D eigenvalue weighted by Crippen LogP contribution is -2.60. The van der Waals surface area contributed by atoms with Crippen LogP contribution in [0.5, 0.6) is 0 Å². The van der Waals surface area contributed by atoms with Crippen LogP contribution in [0.4, 0.5) is 0 Å². The van der Waals surface area contributed by atoms with Crippen molar-refractivity contribution < 1.29 is 56.2 Å². The van der Waals surface area contributed by atoms with Crippen LogP contribution in [0.25, 0.3) is 0 Å². The van der Waals surface area contributed by atoms with Crippen LogP contribution < -0.4 is 0 Å². The van der Waals surface area contributed by atoms with Crippen LogP contribution in [0.2, 0.25) is 0 Å². The standard InChI is InChI=1S/C45H76O12S/c1-3-5-7-9-11-13-15-17-19-21-23-25-27-29-31-33-35-53-37-39(38-54-45-43(49)44(57-58(50,51)52)42(48)40(36-46)56-45)55-41(47)34-32-30-28-26-24-22-20-18-16-14-12-10-8-6-4-2/h5,7,11-14,17-20,23,25,39-40,42-46,48-49H,3-4,6,8-10,15-16,21-22,24,26-38H2,1-2H3,(H,50,51,52)/b7-5-,13-11-,14-12-,19-17-,20-18-,25-23-. The number of hydrogen-bond acceptors (Lipinski definition) is 11. The van der Waals surface area contributed by atoms with Crippen molar-refractivity contribution in [3.05, 3.63) is 72.9 Å². The van der Waals surface area contributed by atoms with Gasteiger partial charge in [0, 0.05) is 13.0 Å². The summed E-state index contributed by atoms with van der Waals surface area (Å²) in [5.41, 5.74) is 0. The average Bonchev–Trinajstić information content (AvgIpc) is 3.19. The molecule has 1 aliphatic rings. The smallest absolute Gasteiger partial charge is 0.397 e. The Morgan fingerprint density at radius 3 is 1.74 bits per heavy atom. The normalized spacial score (nSPS) is 21.2. The van der Waals surface area contributed by atoms with Gasteiger partial charge in [0.05, 0.1) is 19.8 Å². The molecule has 0 spiro atoms. The lowest BCUT2D eigenvalue weighted by molar-refractivity contribution is -0.301. The summed E-state index contributed by atoms with van der Waals surface area (Å²) in [6, 6.07) is 0. The van der Waals surface area contributed by atoms with E-state index in [0.29, 0.717) is 13.0 Å². The summed E-state index contributed by atoms with van der Waals surface area (Å²) in [5, 5.41) is 30.6. The van der Waals surface area contributed by atoms with Gasteiger partial charge in [-0.15, -0.1) is 0 Å². The molecule has 1 saturated heterocycles. The molecule has 0 saturated carbocycles. The Kier molecular flexibility index (Phi) is 33.6. The Hall–Kier alpha value is -2.46. The van der Waals surface area contributed by atoms with E-state index in [1.54, 1.807) is 0 Å². The summed E-state index contributed by atoms with van der Waals surface area (Å²) in [4.78, 5) is 12.8. The molecule has 4 N–H and O–H groups in total. The quantitative estimate of drug-likeness (QED) is 0.0204. The minimum atomic E-state index is -5.07. The summed E-state index contributed by atoms with van der Waals surface area (Å²) in [7, 11) is -5.07. The minimum Gasteiger partial charge on any atom is -0.457 e. The maximum atomic E-state index is 12.8. The third kappa shape index (κ3) is 29.7. The summed E-state index contributed by atoms with van der Waals surface area (Å²) in [5.74, 6) is -0.429. The lowest BCUT2D eigenvalue weighted by Gasteiger charge is -2.41. The summed E-state index contributed by atoms with van der Waals surface area (Å²) < 4.78 is 58.9. The van der Waals surface area contributed by atoms with Crippen LogP contribution in [0.15, 0.2) is 72.9 Å². The molecule has 13 heteroatoms. The molecule has 0 aromatic heterocycles. The number of esters is 1. The highest BCUT2D eigenvalue weighted by atomic mass is 32.3. The zero-order chi connectivity index (χ0) is 42.5. The van der Waals surface area contributed by atoms with E-state index in [0.717, 1.165) is 96.3 Å². The maximum Gasteiger partial charge on any atom is 0.397 e. The van der Waals surface area contributed by atoms with E-state index >= 15 is 0 Å². The van der Waals surface area contributed by atoms with E-state index in [2.05, 4.69) is 90.9 Å². The van der Waals surface area contributed by atoms with Gasteiger partial charge in [-0.1, -0.05) is 125 Å². The minimum absolute atomic E-state index is 0.00455. The first-order valence-electron chi connectivity index (χ1n) is 21.7. The first-order chi connectivity index (χ1) is 28.1. The molecule has 334 valence electrons. The highest BCUT2D eigenvalue weighted by Gasteiger charge is 2.48. The van der Waals surface area contributed by atoms with Crippen LogP contribution in [0.3, 0.4) is 0 Å². The van der Waals surface area contributed by atoms with E-state index in [4.69, 9.17) is 23.5 Å². The summed E-state index contributed by atoms with van der Waals surface area (Å²) in [6.07, 6.45) is 36.5. The van der Waals surface area contributed by atoms with Crippen LogP contribution in [-0.2, 0) is 38.3 Å². The molecule has 0 aliphatic carbocycles. The fourth-order valence-corrected chi connectivity index (χ4v) is 6.55. The molecule has 0 amide bonds. The van der Waals surface area contributed by atoms with Gasteiger partial charge >= 0.3 is 16.4 Å². The second-order valence-corrected chi connectivity index (χ2v) is 15.6. The molecule has 12 nitrogen and oxygen atoms in total. The number of rotatable bonds is 36. The average molecular weight is 841 g/mol.